The van der Waals surface area contributed by atoms with Crippen LogP contribution in [0.1, 0.15) is 44.7 Å². The lowest BCUT2D eigenvalue weighted by atomic mass is 9.84. The van der Waals surface area contributed by atoms with Crippen LogP contribution in [0.4, 0.5) is 0 Å². The summed E-state index contributed by atoms with van der Waals surface area (Å²) in [4.78, 5) is 5.71. The summed E-state index contributed by atoms with van der Waals surface area (Å²) in [6, 6.07) is 0.701. The summed E-state index contributed by atoms with van der Waals surface area (Å²) in [6.45, 7) is 3.23. The predicted octanol–water partition coefficient (Wildman–Crippen LogP) is 3.45. The van der Waals surface area contributed by atoms with Gasteiger partial charge in [-0.2, -0.15) is 0 Å². The molecule has 2 aromatic rings. The quantitative estimate of drug-likeness (QED) is 0.915. The molecule has 0 atom stereocenters. The number of thiazole rings is 1. The number of nitrogens with one attached hydrogen (secondary N) is 1. The molecule has 1 fully saturated rings. The molecule has 1 N–H and O–H groups in total. The molecule has 3 rings (SSSR count). The van der Waals surface area contributed by atoms with Gasteiger partial charge in [-0.25, -0.2) is 4.98 Å². The number of aromatic nitrogens is 2. The summed E-state index contributed by atoms with van der Waals surface area (Å²) in [6.07, 6.45) is 11.0. The van der Waals surface area contributed by atoms with E-state index in [0.29, 0.717) is 6.04 Å². The van der Waals surface area contributed by atoms with E-state index in [1.165, 1.54) is 37.8 Å². The molecule has 0 aliphatic heterocycles. The first kappa shape index (κ1) is 12.2. The Morgan fingerprint density at radius 3 is 2.94 bits per heavy atom. The molecule has 98 valence electrons. The minimum Gasteiger partial charge on any atom is -0.308 e. The van der Waals surface area contributed by atoms with Crippen molar-refractivity contribution in [2.75, 3.05) is 0 Å². The fraction of sp³-hybridized carbons (Fsp3) is 0.643. The number of hydrogen-bond acceptors (Lipinski definition) is 3. The van der Waals surface area contributed by atoms with Gasteiger partial charge >= 0.3 is 0 Å². The van der Waals surface area contributed by atoms with Crippen LogP contribution in [-0.4, -0.2) is 15.4 Å². The Balaban J connectivity index is 1.51. The normalized spacial score (nSPS) is 24.7. The monoisotopic (exact) mass is 263 g/mol. The zero-order chi connectivity index (χ0) is 12.4. The second-order valence-electron chi connectivity index (χ2n) is 5.33. The minimum atomic E-state index is 0.701. The van der Waals surface area contributed by atoms with Gasteiger partial charge in [0, 0.05) is 30.4 Å². The predicted molar refractivity (Wildman–Crippen MR) is 75.9 cm³/mol. The molecule has 0 unspecified atom stereocenters. The van der Waals surface area contributed by atoms with Gasteiger partial charge in [-0.05, 0) is 31.6 Å². The molecule has 0 bridgehead atoms. The summed E-state index contributed by atoms with van der Waals surface area (Å²) >= 11 is 1.70. The van der Waals surface area contributed by atoms with Crippen molar-refractivity contribution in [1.82, 2.24) is 14.7 Å². The fourth-order valence-electron chi connectivity index (χ4n) is 2.88. The molecule has 18 heavy (non-hydrogen) atoms. The van der Waals surface area contributed by atoms with Gasteiger partial charge in [-0.3, -0.25) is 4.40 Å². The number of imidazole rings is 1. The first-order valence-corrected chi connectivity index (χ1v) is 7.87. The number of hydrogen-bond donors (Lipinski definition) is 1. The van der Waals surface area contributed by atoms with Gasteiger partial charge in [0.25, 0.3) is 0 Å². The van der Waals surface area contributed by atoms with E-state index in [0.717, 1.165) is 17.4 Å². The van der Waals surface area contributed by atoms with Crippen LogP contribution in [-0.2, 0) is 6.54 Å². The maximum absolute atomic E-state index is 4.61. The van der Waals surface area contributed by atoms with Crippen LogP contribution >= 0.6 is 11.3 Å². The van der Waals surface area contributed by atoms with Crippen LogP contribution in [0.15, 0.2) is 17.8 Å². The zero-order valence-electron chi connectivity index (χ0n) is 10.9. The van der Waals surface area contributed by atoms with Crippen LogP contribution in [0, 0.1) is 5.92 Å². The summed E-state index contributed by atoms with van der Waals surface area (Å²) in [7, 11) is 0. The molecule has 0 radical (unpaired) electrons. The highest BCUT2D eigenvalue weighted by Crippen LogP contribution is 2.26. The molecular weight excluding hydrogens is 242 g/mol. The van der Waals surface area contributed by atoms with Gasteiger partial charge in [0.1, 0.15) is 0 Å². The highest BCUT2D eigenvalue weighted by atomic mass is 32.1. The smallest absolute Gasteiger partial charge is 0.193 e. The van der Waals surface area contributed by atoms with E-state index in [1.807, 2.05) is 0 Å². The maximum Gasteiger partial charge on any atom is 0.193 e. The summed E-state index contributed by atoms with van der Waals surface area (Å²) < 4.78 is 2.11. The second kappa shape index (κ2) is 5.41. The van der Waals surface area contributed by atoms with Crippen molar-refractivity contribution in [1.29, 1.82) is 0 Å². The Morgan fingerprint density at radius 2 is 2.22 bits per heavy atom. The Labute approximate surface area is 112 Å². The van der Waals surface area contributed by atoms with E-state index < -0.39 is 0 Å². The van der Waals surface area contributed by atoms with Gasteiger partial charge in [-0.1, -0.05) is 13.3 Å². The SMILES string of the molecule is CCC1CCC(NCc2cn3ccsc3n2)CC1. The molecule has 2 aromatic heterocycles. The van der Waals surface area contributed by atoms with Crippen LogP contribution in [0.3, 0.4) is 0 Å². The Kier molecular flexibility index (Phi) is 3.66. The van der Waals surface area contributed by atoms with E-state index in [1.54, 1.807) is 11.3 Å². The Bertz CT molecular complexity index is 465. The van der Waals surface area contributed by atoms with Gasteiger partial charge in [0.2, 0.25) is 0 Å². The van der Waals surface area contributed by atoms with Gasteiger partial charge in [0.15, 0.2) is 4.96 Å². The molecule has 0 aromatic carbocycles. The Hall–Kier alpha value is -0.870. The van der Waals surface area contributed by atoms with E-state index >= 15 is 0 Å². The van der Waals surface area contributed by atoms with Crippen molar-refractivity contribution < 1.29 is 0 Å². The Morgan fingerprint density at radius 1 is 1.39 bits per heavy atom. The van der Waals surface area contributed by atoms with Crippen molar-refractivity contribution in [3.8, 4) is 0 Å². The lowest BCUT2D eigenvalue weighted by molar-refractivity contribution is 0.285. The third kappa shape index (κ3) is 2.59. The van der Waals surface area contributed by atoms with Gasteiger partial charge in [-0.15, -0.1) is 11.3 Å². The highest BCUT2D eigenvalue weighted by Gasteiger charge is 2.19. The van der Waals surface area contributed by atoms with E-state index in [2.05, 4.69) is 39.4 Å². The third-order valence-corrected chi connectivity index (χ3v) is 4.91. The summed E-state index contributed by atoms with van der Waals surface area (Å²) in [5.41, 5.74) is 1.17. The second-order valence-corrected chi connectivity index (χ2v) is 6.20. The average molecular weight is 263 g/mol. The molecule has 1 saturated carbocycles. The largest absolute Gasteiger partial charge is 0.308 e. The van der Waals surface area contributed by atoms with Crippen LogP contribution in [0.25, 0.3) is 4.96 Å². The molecule has 2 heterocycles. The van der Waals surface area contributed by atoms with Crippen LogP contribution in [0.5, 0.6) is 0 Å². The van der Waals surface area contributed by atoms with Gasteiger partial charge in [0.05, 0.1) is 5.69 Å². The van der Waals surface area contributed by atoms with E-state index in [-0.39, 0.29) is 0 Å². The fourth-order valence-corrected chi connectivity index (χ4v) is 3.60. The standard InChI is InChI=1S/C14H21N3S/c1-2-11-3-5-12(6-4-11)15-9-13-10-17-7-8-18-14(17)16-13/h7-8,10-12,15H,2-6,9H2,1H3. The molecule has 4 heteroatoms. The lowest BCUT2D eigenvalue weighted by Crippen LogP contribution is -2.32. The maximum atomic E-state index is 4.61. The molecule has 0 spiro atoms. The highest BCUT2D eigenvalue weighted by molar-refractivity contribution is 7.15. The topological polar surface area (TPSA) is 29.3 Å². The first-order valence-electron chi connectivity index (χ1n) is 6.99. The number of rotatable bonds is 4. The molecule has 0 saturated heterocycles. The minimum absolute atomic E-state index is 0.701. The lowest BCUT2D eigenvalue weighted by Gasteiger charge is -2.28. The van der Waals surface area contributed by atoms with Gasteiger partial charge < -0.3 is 5.32 Å². The average Bonchev–Trinajstić information content (AvgIpc) is 2.97. The molecular formula is C14H21N3S. The molecule has 0 amide bonds. The van der Waals surface area contributed by atoms with Crippen molar-refractivity contribution in [3.05, 3.63) is 23.5 Å². The van der Waals surface area contributed by atoms with Crippen molar-refractivity contribution in [2.45, 2.75) is 51.6 Å². The van der Waals surface area contributed by atoms with Crippen LogP contribution in [0.2, 0.25) is 0 Å². The number of fused-ring (bicyclic) bond motifs is 1. The first-order chi connectivity index (χ1) is 8.85. The van der Waals surface area contributed by atoms with E-state index in [9.17, 15) is 0 Å². The zero-order valence-corrected chi connectivity index (χ0v) is 11.7. The number of nitrogens with zero attached hydrogens (tertiary/aromatic N) is 2. The summed E-state index contributed by atoms with van der Waals surface area (Å²) in [5, 5.41) is 5.74. The van der Waals surface area contributed by atoms with Crippen molar-refractivity contribution >= 4 is 16.3 Å². The van der Waals surface area contributed by atoms with Crippen molar-refractivity contribution in [2.24, 2.45) is 5.92 Å². The molecule has 3 nitrogen and oxygen atoms in total. The van der Waals surface area contributed by atoms with Crippen molar-refractivity contribution in [3.63, 3.8) is 0 Å². The molecule has 1 aliphatic carbocycles. The van der Waals surface area contributed by atoms with E-state index in [4.69, 9.17) is 0 Å². The molecule has 1 aliphatic rings. The summed E-state index contributed by atoms with van der Waals surface area (Å²) in [5.74, 6) is 0.973. The third-order valence-electron chi connectivity index (χ3n) is 4.14. The van der Waals surface area contributed by atoms with Crippen LogP contribution < -0.4 is 5.32 Å².